The molecule has 0 fully saturated rings. The zero-order valence-electron chi connectivity index (χ0n) is 11.5. The van der Waals surface area contributed by atoms with Crippen molar-refractivity contribution in [3.63, 3.8) is 0 Å². The number of anilines is 1. The fourth-order valence-electron chi connectivity index (χ4n) is 1.49. The number of benzene rings is 1. The molecular formula is C14H20N2O3. The first-order chi connectivity index (χ1) is 9.04. The van der Waals surface area contributed by atoms with Gasteiger partial charge in [0, 0.05) is 19.3 Å². The van der Waals surface area contributed by atoms with Crippen LogP contribution in [0.4, 0.5) is 5.69 Å². The highest BCUT2D eigenvalue weighted by atomic mass is 16.5. The summed E-state index contributed by atoms with van der Waals surface area (Å²) >= 11 is 0. The molecule has 0 aromatic heterocycles. The maximum atomic E-state index is 11.6. The van der Waals surface area contributed by atoms with Gasteiger partial charge >= 0.3 is 11.8 Å². The fraction of sp³-hybridized carbons (Fsp3) is 0.429. The van der Waals surface area contributed by atoms with Crippen molar-refractivity contribution >= 4 is 17.5 Å². The van der Waals surface area contributed by atoms with Crippen LogP contribution in [0.15, 0.2) is 24.3 Å². The summed E-state index contributed by atoms with van der Waals surface area (Å²) < 4.78 is 4.78. The third kappa shape index (κ3) is 5.09. The summed E-state index contributed by atoms with van der Waals surface area (Å²) in [5, 5.41) is 5.00. The van der Waals surface area contributed by atoms with Crippen LogP contribution in [0.1, 0.15) is 25.3 Å². The largest absolute Gasteiger partial charge is 0.383 e. The highest BCUT2D eigenvalue weighted by Crippen LogP contribution is 2.16. The Morgan fingerprint density at radius 2 is 1.79 bits per heavy atom. The number of rotatable bonds is 5. The zero-order valence-corrected chi connectivity index (χ0v) is 11.5. The SMILES string of the molecule is COCCNC(=O)C(=O)Nc1ccc(C(C)C)cc1. The topological polar surface area (TPSA) is 67.4 Å². The van der Waals surface area contributed by atoms with Crippen molar-refractivity contribution in [2.24, 2.45) is 0 Å². The Balaban J connectivity index is 2.49. The average Bonchev–Trinajstić information content (AvgIpc) is 2.39. The number of methoxy groups -OCH3 is 1. The number of amides is 2. The van der Waals surface area contributed by atoms with E-state index in [4.69, 9.17) is 4.74 Å². The number of ether oxygens (including phenoxy) is 1. The number of hydrogen-bond acceptors (Lipinski definition) is 3. The van der Waals surface area contributed by atoms with Crippen molar-refractivity contribution in [3.05, 3.63) is 29.8 Å². The van der Waals surface area contributed by atoms with Crippen molar-refractivity contribution in [2.75, 3.05) is 25.6 Å². The first-order valence-corrected chi connectivity index (χ1v) is 6.22. The minimum atomic E-state index is -0.673. The molecular weight excluding hydrogens is 244 g/mol. The van der Waals surface area contributed by atoms with Gasteiger partial charge in [0.25, 0.3) is 0 Å². The molecule has 0 saturated heterocycles. The Morgan fingerprint density at radius 1 is 1.16 bits per heavy atom. The van der Waals surface area contributed by atoms with Gasteiger partial charge in [0.15, 0.2) is 0 Å². The Bertz CT molecular complexity index is 427. The summed E-state index contributed by atoms with van der Waals surface area (Å²) in [6.07, 6.45) is 0. The van der Waals surface area contributed by atoms with Gasteiger partial charge in [-0.1, -0.05) is 26.0 Å². The second-order valence-corrected chi connectivity index (χ2v) is 4.48. The maximum Gasteiger partial charge on any atom is 0.313 e. The quantitative estimate of drug-likeness (QED) is 0.625. The molecule has 1 aromatic rings. The molecule has 0 bridgehead atoms. The van der Waals surface area contributed by atoms with Gasteiger partial charge in [-0.05, 0) is 23.6 Å². The summed E-state index contributed by atoms with van der Waals surface area (Å²) in [6, 6.07) is 7.44. The second kappa shape index (κ2) is 7.53. The lowest BCUT2D eigenvalue weighted by molar-refractivity contribution is -0.136. The summed E-state index contributed by atoms with van der Waals surface area (Å²) in [4.78, 5) is 23.0. The lowest BCUT2D eigenvalue weighted by Gasteiger charge is -2.08. The van der Waals surface area contributed by atoms with Gasteiger partial charge < -0.3 is 15.4 Å². The molecule has 0 aliphatic carbocycles. The standard InChI is InChI=1S/C14H20N2O3/c1-10(2)11-4-6-12(7-5-11)16-14(18)13(17)15-8-9-19-3/h4-7,10H,8-9H2,1-3H3,(H,15,17)(H,16,18). The van der Waals surface area contributed by atoms with Gasteiger partial charge in [-0.3, -0.25) is 9.59 Å². The molecule has 0 aliphatic heterocycles. The van der Waals surface area contributed by atoms with Gasteiger partial charge in [0.1, 0.15) is 0 Å². The van der Waals surface area contributed by atoms with Gasteiger partial charge in [0.2, 0.25) is 0 Å². The smallest absolute Gasteiger partial charge is 0.313 e. The first kappa shape index (κ1) is 15.2. The van der Waals surface area contributed by atoms with E-state index < -0.39 is 11.8 Å². The minimum Gasteiger partial charge on any atom is -0.383 e. The Hall–Kier alpha value is -1.88. The third-order valence-corrected chi connectivity index (χ3v) is 2.63. The number of nitrogens with one attached hydrogen (secondary N) is 2. The van der Waals surface area contributed by atoms with Crippen LogP contribution in [-0.4, -0.2) is 32.1 Å². The van der Waals surface area contributed by atoms with E-state index in [0.29, 0.717) is 24.8 Å². The van der Waals surface area contributed by atoms with E-state index in [0.717, 1.165) is 0 Å². The molecule has 5 nitrogen and oxygen atoms in total. The van der Waals surface area contributed by atoms with Crippen LogP contribution in [-0.2, 0) is 14.3 Å². The monoisotopic (exact) mass is 264 g/mol. The predicted octanol–water partition coefficient (Wildman–Crippen LogP) is 1.51. The van der Waals surface area contributed by atoms with Gasteiger partial charge in [0.05, 0.1) is 6.61 Å². The van der Waals surface area contributed by atoms with Crippen LogP contribution in [0.2, 0.25) is 0 Å². The zero-order chi connectivity index (χ0) is 14.3. The highest BCUT2D eigenvalue weighted by Gasteiger charge is 2.12. The Morgan fingerprint density at radius 3 is 2.32 bits per heavy atom. The van der Waals surface area contributed by atoms with Gasteiger partial charge in [-0.2, -0.15) is 0 Å². The molecule has 0 aliphatic rings. The van der Waals surface area contributed by atoms with Crippen LogP contribution in [0.25, 0.3) is 0 Å². The van der Waals surface area contributed by atoms with E-state index in [9.17, 15) is 9.59 Å². The van der Waals surface area contributed by atoms with Crippen LogP contribution in [0.3, 0.4) is 0 Å². The maximum absolute atomic E-state index is 11.6. The molecule has 2 N–H and O–H groups in total. The van der Waals surface area contributed by atoms with Crippen molar-refractivity contribution in [1.29, 1.82) is 0 Å². The number of hydrogen-bond donors (Lipinski definition) is 2. The minimum absolute atomic E-state index is 0.315. The van der Waals surface area contributed by atoms with Crippen LogP contribution in [0, 0.1) is 0 Å². The van der Waals surface area contributed by atoms with E-state index >= 15 is 0 Å². The normalized spacial score (nSPS) is 10.3. The van der Waals surface area contributed by atoms with Crippen molar-refractivity contribution in [1.82, 2.24) is 5.32 Å². The molecule has 104 valence electrons. The van der Waals surface area contributed by atoms with E-state index in [1.165, 1.54) is 12.7 Å². The van der Waals surface area contributed by atoms with Crippen molar-refractivity contribution in [2.45, 2.75) is 19.8 Å². The first-order valence-electron chi connectivity index (χ1n) is 6.22. The van der Waals surface area contributed by atoms with Gasteiger partial charge in [-0.15, -0.1) is 0 Å². The lowest BCUT2D eigenvalue weighted by Crippen LogP contribution is -2.37. The van der Waals surface area contributed by atoms with Crippen LogP contribution < -0.4 is 10.6 Å². The molecule has 19 heavy (non-hydrogen) atoms. The molecule has 0 spiro atoms. The Kier molecular flexibility index (Phi) is 6.02. The van der Waals surface area contributed by atoms with E-state index in [1.807, 2.05) is 12.1 Å². The Labute approximate surface area is 113 Å². The van der Waals surface area contributed by atoms with Gasteiger partial charge in [-0.25, -0.2) is 0 Å². The molecule has 0 unspecified atom stereocenters. The summed E-state index contributed by atoms with van der Waals surface area (Å²) in [5.41, 5.74) is 1.79. The fourth-order valence-corrected chi connectivity index (χ4v) is 1.49. The lowest BCUT2D eigenvalue weighted by atomic mass is 10.0. The molecule has 2 amide bonds. The molecule has 0 atom stereocenters. The number of carbonyl (C=O) groups excluding carboxylic acids is 2. The summed E-state index contributed by atoms with van der Waals surface area (Å²) in [7, 11) is 1.53. The molecule has 1 rings (SSSR count). The molecule has 1 aromatic carbocycles. The predicted molar refractivity (Wildman–Crippen MR) is 74.0 cm³/mol. The van der Waals surface area contributed by atoms with E-state index in [-0.39, 0.29) is 0 Å². The van der Waals surface area contributed by atoms with E-state index in [1.54, 1.807) is 12.1 Å². The van der Waals surface area contributed by atoms with Crippen LogP contribution >= 0.6 is 0 Å². The van der Waals surface area contributed by atoms with Crippen molar-refractivity contribution < 1.29 is 14.3 Å². The average molecular weight is 264 g/mol. The molecule has 5 heteroatoms. The highest BCUT2D eigenvalue weighted by molar-refractivity contribution is 6.39. The number of carbonyl (C=O) groups is 2. The second-order valence-electron chi connectivity index (χ2n) is 4.48. The summed E-state index contributed by atoms with van der Waals surface area (Å²) in [5.74, 6) is -0.902. The molecule has 0 heterocycles. The molecule has 0 saturated carbocycles. The molecule has 0 radical (unpaired) electrons. The third-order valence-electron chi connectivity index (χ3n) is 2.63. The van der Waals surface area contributed by atoms with Crippen molar-refractivity contribution in [3.8, 4) is 0 Å². The summed E-state index contributed by atoms with van der Waals surface area (Å²) in [6.45, 7) is 4.88. The van der Waals surface area contributed by atoms with Crippen LogP contribution in [0.5, 0.6) is 0 Å². The van der Waals surface area contributed by atoms with E-state index in [2.05, 4.69) is 24.5 Å².